The van der Waals surface area contributed by atoms with Crippen LogP contribution in [0.5, 0.6) is 0 Å². The lowest BCUT2D eigenvalue weighted by Gasteiger charge is -2.40. The number of nitrogens with zero attached hydrogens (tertiary/aromatic N) is 4. The first-order valence-corrected chi connectivity index (χ1v) is 11.3. The van der Waals surface area contributed by atoms with Gasteiger partial charge in [0.25, 0.3) is 0 Å². The van der Waals surface area contributed by atoms with Gasteiger partial charge < -0.3 is 15.1 Å². The van der Waals surface area contributed by atoms with E-state index in [4.69, 9.17) is 11.6 Å². The number of carbonyl (C=O) groups excluding carboxylic acids is 2. The predicted molar refractivity (Wildman–Crippen MR) is 120 cm³/mol. The summed E-state index contributed by atoms with van der Waals surface area (Å²) in [6.07, 6.45) is 0.791. The molecule has 0 aliphatic carbocycles. The topological polar surface area (TPSA) is 78.4 Å². The minimum Gasteiger partial charge on any atom is -0.355 e. The second kappa shape index (κ2) is 10.6. The molecule has 9 heteroatoms. The van der Waals surface area contributed by atoms with Gasteiger partial charge in [0, 0.05) is 45.2 Å². The molecular formula is C21H26ClN5O2S. The number of aromatic nitrogens is 2. The Balaban J connectivity index is 1.51. The second-order valence-electron chi connectivity index (χ2n) is 7.21. The Bertz CT molecular complexity index is 883. The van der Waals surface area contributed by atoms with Crippen molar-refractivity contribution in [1.29, 1.82) is 0 Å². The number of amides is 2. The number of hydrogen-bond donors (Lipinski definition) is 1. The highest BCUT2D eigenvalue weighted by molar-refractivity contribution is 7.99. The van der Waals surface area contributed by atoms with Crippen LogP contribution in [0.25, 0.3) is 0 Å². The zero-order chi connectivity index (χ0) is 21.5. The van der Waals surface area contributed by atoms with Gasteiger partial charge in [-0.25, -0.2) is 9.97 Å². The summed E-state index contributed by atoms with van der Waals surface area (Å²) >= 11 is 7.46. The van der Waals surface area contributed by atoms with Crippen LogP contribution in [-0.2, 0) is 16.0 Å². The molecule has 1 fully saturated rings. The molecule has 1 atom stereocenters. The molecule has 7 nitrogen and oxygen atoms in total. The first-order chi connectivity index (χ1) is 14.4. The number of carbonyl (C=O) groups is 2. The number of hydrogen-bond acceptors (Lipinski definition) is 6. The monoisotopic (exact) mass is 447 g/mol. The van der Waals surface area contributed by atoms with Gasteiger partial charge in [0.2, 0.25) is 11.8 Å². The van der Waals surface area contributed by atoms with Crippen molar-refractivity contribution in [3.05, 3.63) is 47.1 Å². The molecule has 0 bridgehead atoms. The minimum absolute atomic E-state index is 0.0650. The Kier molecular flexibility index (Phi) is 7.93. The zero-order valence-corrected chi connectivity index (χ0v) is 18.7. The van der Waals surface area contributed by atoms with Crippen LogP contribution in [0.2, 0.25) is 5.15 Å². The molecule has 1 N–H and O–H groups in total. The molecule has 1 aromatic carbocycles. The van der Waals surface area contributed by atoms with Gasteiger partial charge in [0.1, 0.15) is 11.0 Å². The summed E-state index contributed by atoms with van der Waals surface area (Å²) in [5, 5.41) is 3.73. The van der Waals surface area contributed by atoms with Crippen LogP contribution in [0, 0.1) is 0 Å². The van der Waals surface area contributed by atoms with Gasteiger partial charge in [-0.2, -0.15) is 0 Å². The number of thioether (sulfide) groups is 1. The van der Waals surface area contributed by atoms with Crippen molar-refractivity contribution in [3.63, 3.8) is 0 Å². The average Bonchev–Trinajstić information content (AvgIpc) is 2.72. The lowest BCUT2D eigenvalue weighted by molar-refractivity contribution is -0.131. The molecule has 1 unspecified atom stereocenters. The number of nitrogens with one attached hydrogen (secondary N) is 1. The van der Waals surface area contributed by atoms with Crippen LogP contribution < -0.4 is 10.2 Å². The van der Waals surface area contributed by atoms with E-state index in [9.17, 15) is 9.59 Å². The van der Waals surface area contributed by atoms with E-state index >= 15 is 0 Å². The number of benzene rings is 1. The quantitative estimate of drug-likeness (QED) is 0.399. The van der Waals surface area contributed by atoms with Gasteiger partial charge in [-0.1, -0.05) is 53.7 Å². The lowest BCUT2D eigenvalue weighted by Crippen LogP contribution is -2.53. The van der Waals surface area contributed by atoms with E-state index in [2.05, 4.69) is 20.2 Å². The standard InChI is InChI=1S/C21H26ClN5O2S/c1-15-13-26(10-11-27(15)16(2)28)19-12-18(22)24-21(25-19)30-14-20(29)23-9-8-17-6-4-3-5-7-17/h3-7,12,15H,8-11,13-14H2,1-2H3,(H,23,29). The summed E-state index contributed by atoms with van der Waals surface area (Å²) < 4.78 is 0. The van der Waals surface area contributed by atoms with Gasteiger partial charge in [0.15, 0.2) is 5.16 Å². The van der Waals surface area contributed by atoms with Crippen LogP contribution in [0.3, 0.4) is 0 Å². The summed E-state index contributed by atoms with van der Waals surface area (Å²) in [5.74, 6) is 0.961. The molecule has 1 aliphatic heterocycles. The van der Waals surface area contributed by atoms with E-state index in [1.807, 2.05) is 42.2 Å². The minimum atomic E-state index is -0.0650. The van der Waals surface area contributed by atoms with Crippen molar-refractivity contribution >= 4 is 41.0 Å². The fourth-order valence-corrected chi connectivity index (χ4v) is 4.33. The van der Waals surface area contributed by atoms with Gasteiger partial charge in [-0.15, -0.1) is 0 Å². The number of halogens is 1. The summed E-state index contributed by atoms with van der Waals surface area (Å²) in [4.78, 5) is 36.6. The van der Waals surface area contributed by atoms with E-state index in [0.29, 0.717) is 36.5 Å². The number of piperazine rings is 1. The molecular weight excluding hydrogens is 422 g/mol. The number of rotatable bonds is 7. The molecule has 2 aromatic rings. The van der Waals surface area contributed by atoms with Crippen LogP contribution in [-0.4, -0.2) is 64.7 Å². The SMILES string of the molecule is CC(=O)N1CCN(c2cc(Cl)nc(SCC(=O)NCCc3ccccc3)n2)CC1C. The lowest BCUT2D eigenvalue weighted by atomic mass is 10.1. The zero-order valence-electron chi connectivity index (χ0n) is 17.2. The van der Waals surface area contributed by atoms with Gasteiger partial charge in [-0.05, 0) is 18.9 Å². The maximum atomic E-state index is 12.2. The maximum absolute atomic E-state index is 12.2. The molecule has 30 heavy (non-hydrogen) atoms. The van der Waals surface area contributed by atoms with E-state index in [-0.39, 0.29) is 23.6 Å². The Morgan fingerprint density at radius 1 is 1.23 bits per heavy atom. The molecule has 0 saturated carbocycles. The third kappa shape index (κ3) is 6.34. The molecule has 0 radical (unpaired) electrons. The Morgan fingerprint density at radius 3 is 2.70 bits per heavy atom. The van der Waals surface area contributed by atoms with Gasteiger partial charge in [-0.3, -0.25) is 9.59 Å². The van der Waals surface area contributed by atoms with Crippen molar-refractivity contribution in [3.8, 4) is 0 Å². The van der Waals surface area contributed by atoms with Crippen LogP contribution in [0.1, 0.15) is 19.4 Å². The number of anilines is 1. The van der Waals surface area contributed by atoms with Gasteiger partial charge >= 0.3 is 0 Å². The van der Waals surface area contributed by atoms with Gasteiger partial charge in [0.05, 0.1) is 5.75 Å². The van der Waals surface area contributed by atoms with Crippen molar-refractivity contribution in [1.82, 2.24) is 20.2 Å². The third-order valence-corrected chi connectivity index (χ3v) is 5.97. The molecule has 2 amide bonds. The summed E-state index contributed by atoms with van der Waals surface area (Å²) in [5.41, 5.74) is 1.19. The summed E-state index contributed by atoms with van der Waals surface area (Å²) in [6.45, 7) is 6.20. The molecule has 0 spiro atoms. The van der Waals surface area contributed by atoms with Crippen molar-refractivity contribution in [2.75, 3.05) is 36.8 Å². The Labute approximate surface area is 186 Å². The third-order valence-electron chi connectivity index (χ3n) is 4.93. The Hall–Kier alpha value is -2.32. The highest BCUT2D eigenvalue weighted by atomic mass is 35.5. The largest absolute Gasteiger partial charge is 0.355 e. The molecule has 160 valence electrons. The average molecular weight is 448 g/mol. The van der Waals surface area contributed by atoms with E-state index in [0.717, 1.165) is 12.2 Å². The predicted octanol–water partition coefficient (Wildman–Crippen LogP) is 2.64. The smallest absolute Gasteiger partial charge is 0.230 e. The fraction of sp³-hybridized carbons (Fsp3) is 0.429. The van der Waals surface area contributed by atoms with Crippen LogP contribution in [0.4, 0.5) is 5.82 Å². The molecule has 1 saturated heterocycles. The molecule has 2 heterocycles. The molecule has 1 aromatic heterocycles. The van der Waals surface area contributed by atoms with Crippen LogP contribution in [0.15, 0.2) is 41.6 Å². The fourth-order valence-electron chi connectivity index (χ4n) is 3.42. The molecule has 1 aliphatic rings. The summed E-state index contributed by atoms with van der Waals surface area (Å²) in [6, 6.07) is 11.8. The first kappa shape index (κ1) is 22.4. The van der Waals surface area contributed by atoms with Crippen molar-refractivity contribution in [2.24, 2.45) is 0 Å². The highest BCUT2D eigenvalue weighted by Crippen LogP contribution is 2.24. The van der Waals surface area contributed by atoms with Crippen LogP contribution >= 0.6 is 23.4 Å². The maximum Gasteiger partial charge on any atom is 0.230 e. The second-order valence-corrected chi connectivity index (χ2v) is 8.54. The van der Waals surface area contributed by atoms with Crippen molar-refractivity contribution in [2.45, 2.75) is 31.5 Å². The normalized spacial score (nSPS) is 16.4. The first-order valence-electron chi connectivity index (χ1n) is 9.92. The summed E-state index contributed by atoms with van der Waals surface area (Å²) in [7, 11) is 0. The highest BCUT2D eigenvalue weighted by Gasteiger charge is 2.26. The van der Waals surface area contributed by atoms with E-state index < -0.39 is 0 Å². The van der Waals surface area contributed by atoms with Crippen molar-refractivity contribution < 1.29 is 9.59 Å². The van der Waals surface area contributed by atoms with E-state index in [1.165, 1.54) is 17.3 Å². The Morgan fingerprint density at radius 2 is 2.00 bits per heavy atom. The van der Waals surface area contributed by atoms with E-state index in [1.54, 1.807) is 13.0 Å². The molecule has 3 rings (SSSR count).